The summed E-state index contributed by atoms with van der Waals surface area (Å²) in [4.78, 5) is 21.5. The lowest BCUT2D eigenvalue weighted by Gasteiger charge is -2.13. The van der Waals surface area contributed by atoms with E-state index in [1.807, 2.05) is 6.92 Å². The maximum absolute atomic E-state index is 11.1. The second-order valence-corrected chi connectivity index (χ2v) is 2.96. The summed E-state index contributed by atoms with van der Waals surface area (Å²) in [7, 11) is 0. The molecule has 0 saturated heterocycles. The van der Waals surface area contributed by atoms with Gasteiger partial charge in [-0.2, -0.15) is 0 Å². The first-order chi connectivity index (χ1) is 5.99. The molecule has 0 aromatic heterocycles. The number of carboxylic acid groups (broad SMARTS) is 1. The summed E-state index contributed by atoms with van der Waals surface area (Å²) in [6, 6.07) is -1.48. The molecule has 0 radical (unpaired) electrons. The van der Waals surface area contributed by atoms with Crippen LogP contribution in [0.3, 0.4) is 0 Å². The van der Waals surface area contributed by atoms with Gasteiger partial charge in [-0.15, -0.1) is 0 Å². The van der Waals surface area contributed by atoms with E-state index in [0.29, 0.717) is 6.42 Å². The van der Waals surface area contributed by atoms with Gasteiger partial charge in [0.2, 0.25) is 5.91 Å². The Kier molecular flexibility index (Phi) is 5.06. The summed E-state index contributed by atoms with van der Waals surface area (Å²) in [5, 5.41) is 10.8. The first-order valence-corrected chi connectivity index (χ1v) is 4.27. The zero-order valence-corrected chi connectivity index (χ0v) is 7.91. The SMILES string of the molecule is CCC[C@H](N)C(=O)NC(C)C(=O)O. The van der Waals surface area contributed by atoms with Gasteiger partial charge < -0.3 is 16.2 Å². The summed E-state index contributed by atoms with van der Waals surface area (Å²) in [6.07, 6.45) is 1.37. The lowest BCUT2D eigenvalue weighted by atomic mass is 10.1. The Labute approximate surface area is 77.3 Å². The van der Waals surface area contributed by atoms with E-state index in [1.54, 1.807) is 0 Å². The zero-order valence-electron chi connectivity index (χ0n) is 7.91. The fraction of sp³-hybridized carbons (Fsp3) is 0.750. The molecule has 0 heterocycles. The summed E-state index contributed by atoms with van der Waals surface area (Å²) >= 11 is 0. The smallest absolute Gasteiger partial charge is 0.325 e. The number of carbonyl (C=O) groups excluding carboxylic acids is 1. The van der Waals surface area contributed by atoms with Crippen molar-refractivity contribution in [3.63, 3.8) is 0 Å². The highest BCUT2D eigenvalue weighted by molar-refractivity contribution is 5.86. The monoisotopic (exact) mass is 188 g/mol. The molecule has 0 aromatic rings. The molecule has 0 saturated carbocycles. The third-order valence-corrected chi connectivity index (χ3v) is 1.67. The largest absolute Gasteiger partial charge is 0.480 e. The Morgan fingerprint density at radius 3 is 2.46 bits per heavy atom. The van der Waals surface area contributed by atoms with Gasteiger partial charge in [0.15, 0.2) is 0 Å². The fourth-order valence-corrected chi connectivity index (χ4v) is 0.824. The van der Waals surface area contributed by atoms with Gasteiger partial charge in [0.25, 0.3) is 0 Å². The Hall–Kier alpha value is -1.10. The Bertz CT molecular complexity index is 194. The number of nitrogens with two attached hydrogens (primary N) is 1. The fourth-order valence-electron chi connectivity index (χ4n) is 0.824. The Morgan fingerprint density at radius 1 is 1.54 bits per heavy atom. The van der Waals surface area contributed by atoms with Gasteiger partial charge in [0.1, 0.15) is 6.04 Å². The lowest BCUT2D eigenvalue weighted by molar-refractivity contribution is -0.141. The average Bonchev–Trinajstić information content (AvgIpc) is 2.04. The average molecular weight is 188 g/mol. The molecule has 13 heavy (non-hydrogen) atoms. The molecule has 4 N–H and O–H groups in total. The summed E-state index contributed by atoms with van der Waals surface area (Å²) < 4.78 is 0. The van der Waals surface area contributed by atoms with Crippen molar-refractivity contribution in [3.05, 3.63) is 0 Å². The number of rotatable bonds is 5. The number of hydrogen-bond donors (Lipinski definition) is 3. The van der Waals surface area contributed by atoms with Crippen molar-refractivity contribution in [2.24, 2.45) is 5.73 Å². The van der Waals surface area contributed by atoms with Gasteiger partial charge in [0, 0.05) is 0 Å². The van der Waals surface area contributed by atoms with Crippen LogP contribution in [0.5, 0.6) is 0 Å². The molecule has 1 unspecified atom stereocenters. The highest BCUT2D eigenvalue weighted by Crippen LogP contribution is 1.93. The number of amides is 1. The van der Waals surface area contributed by atoms with Crippen molar-refractivity contribution in [2.75, 3.05) is 0 Å². The van der Waals surface area contributed by atoms with Crippen molar-refractivity contribution < 1.29 is 14.7 Å². The van der Waals surface area contributed by atoms with Crippen molar-refractivity contribution >= 4 is 11.9 Å². The van der Waals surface area contributed by atoms with E-state index in [2.05, 4.69) is 5.32 Å². The number of carboxylic acids is 1. The standard InChI is InChI=1S/C8H16N2O3/c1-3-4-6(9)7(11)10-5(2)8(12)13/h5-6H,3-4,9H2,1-2H3,(H,10,11)(H,12,13)/t5?,6-/m0/s1. The molecule has 0 rings (SSSR count). The molecule has 2 atom stereocenters. The Morgan fingerprint density at radius 2 is 2.08 bits per heavy atom. The number of aliphatic carboxylic acids is 1. The Balaban J connectivity index is 3.92. The van der Waals surface area contributed by atoms with Crippen LogP contribution in [0.2, 0.25) is 0 Å². The van der Waals surface area contributed by atoms with Crippen LogP contribution in [0.1, 0.15) is 26.7 Å². The minimum atomic E-state index is -1.06. The van der Waals surface area contributed by atoms with Gasteiger partial charge >= 0.3 is 5.97 Å². The summed E-state index contributed by atoms with van der Waals surface area (Å²) in [6.45, 7) is 3.31. The predicted octanol–water partition coefficient (Wildman–Crippen LogP) is -0.297. The van der Waals surface area contributed by atoms with Crippen LogP contribution in [0, 0.1) is 0 Å². The van der Waals surface area contributed by atoms with E-state index in [1.165, 1.54) is 6.92 Å². The number of hydrogen-bond acceptors (Lipinski definition) is 3. The predicted molar refractivity (Wildman–Crippen MR) is 48.1 cm³/mol. The summed E-state index contributed by atoms with van der Waals surface area (Å²) in [5.41, 5.74) is 5.47. The first kappa shape index (κ1) is 11.9. The van der Waals surface area contributed by atoms with Gasteiger partial charge in [0.05, 0.1) is 6.04 Å². The maximum atomic E-state index is 11.1. The minimum Gasteiger partial charge on any atom is -0.480 e. The van der Waals surface area contributed by atoms with Crippen molar-refractivity contribution in [1.82, 2.24) is 5.32 Å². The van der Waals surface area contributed by atoms with Crippen molar-refractivity contribution in [3.8, 4) is 0 Å². The third kappa shape index (κ3) is 4.47. The van der Waals surface area contributed by atoms with Gasteiger partial charge in [-0.1, -0.05) is 13.3 Å². The molecular formula is C8H16N2O3. The van der Waals surface area contributed by atoms with Crippen LogP contribution in [0.25, 0.3) is 0 Å². The van der Waals surface area contributed by atoms with E-state index in [4.69, 9.17) is 10.8 Å². The van der Waals surface area contributed by atoms with E-state index < -0.39 is 24.0 Å². The molecule has 0 aliphatic carbocycles. The number of carbonyl (C=O) groups is 2. The molecule has 5 heteroatoms. The van der Waals surface area contributed by atoms with E-state index in [0.717, 1.165) is 6.42 Å². The van der Waals surface area contributed by atoms with Crippen LogP contribution in [0.15, 0.2) is 0 Å². The normalized spacial score (nSPS) is 14.7. The van der Waals surface area contributed by atoms with Crippen molar-refractivity contribution in [2.45, 2.75) is 38.8 Å². The molecule has 0 aliphatic rings. The zero-order chi connectivity index (χ0) is 10.4. The molecule has 0 spiro atoms. The molecule has 0 aliphatic heterocycles. The molecular weight excluding hydrogens is 172 g/mol. The van der Waals surface area contributed by atoms with Crippen LogP contribution in [-0.2, 0) is 9.59 Å². The summed E-state index contributed by atoms with van der Waals surface area (Å²) in [5.74, 6) is -1.46. The van der Waals surface area contributed by atoms with Gasteiger partial charge in [-0.3, -0.25) is 9.59 Å². The first-order valence-electron chi connectivity index (χ1n) is 4.27. The van der Waals surface area contributed by atoms with Gasteiger partial charge in [-0.05, 0) is 13.3 Å². The molecule has 0 bridgehead atoms. The highest BCUT2D eigenvalue weighted by Gasteiger charge is 2.18. The van der Waals surface area contributed by atoms with E-state index >= 15 is 0 Å². The van der Waals surface area contributed by atoms with Crippen LogP contribution in [0.4, 0.5) is 0 Å². The molecule has 1 amide bonds. The lowest BCUT2D eigenvalue weighted by Crippen LogP contribution is -2.47. The van der Waals surface area contributed by atoms with Crippen LogP contribution >= 0.6 is 0 Å². The minimum absolute atomic E-state index is 0.406. The van der Waals surface area contributed by atoms with E-state index in [9.17, 15) is 9.59 Å². The molecule has 5 nitrogen and oxygen atoms in total. The van der Waals surface area contributed by atoms with E-state index in [-0.39, 0.29) is 0 Å². The second-order valence-electron chi connectivity index (χ2n) is 2.96. The molecule has 0 fully saturated rings. The second kappa shape index (κ2) is 5.53. The maximum Gasteiger partial charge on any atom is 0.325 e. The van der Waals surface area contributed by atoms with Gasteiger partial charge in [-0.25, -0.2) is 0 Å². The third-order valence-electron chi connectivity index (χ3n) is 1.67. The van der Waals surface area contributed by atoms with Crippen molar-refractivity contribution in [1.29, 1.82) is 0 Å². The van der Waals surface area contributed by atoms with Crippen LogP contribution < -0.4 is 11.1 Å². The van der Waals surface area contributed by atoms with Crippen LogP contribution in [-0.4, -0.2) is 29.1 Å². The topological polar surface area (TPSA) is 92.4 Å². The quantitative estimate of drug-likeness (QED) is 0.552. The highest BCUT2D eigenvalue weighted by atomic mass is 16.4. The number of nitrogens with one attached hydrogen (secondary N) is 1. The molecule has 76 valence electrons. The molecule has 0 aromatic carbocycles.